The molecule has 0 fully saturated rings. The first kappa shape index (κ1) is 24.1. The van der Waals surface area contributed by atoms with Crippen molar-refractivity contribution in [1.29, 1.82) is 0 Å². The summed E-state index contributed by atoms with van der Waals surface area (Å²) in [5, 5.41) is 3.92. The normalized spacial score (nSPS) is 11.4. The van der Waals surface area contributed by atoms with Crippen LogP contribution >= 0.6 is 23.2 Å². The number of benzene rings is 3. The molecule has 0 saturated heterocycles. The lowest BCUT2D eigenvalue weighted by atomic mass is 10.1. The first-order chi connectivity index (χ1) is 15.2. The van der Waals surface area contributed by atoms with Crippen molar-refractivity contribution >= 4 is 39.1 Å². The molecule has 0 bridgehead atoms. The molecule has 3 aromatic rings. The van der Waals surface area contributed by atoms with Crippen molar-refractivity contribution in [2.45, 2.75) is 18.0 Å². The highest BCUT2D eigenvalue weighted by Crippen LogP contribution is 2.25. The fourth-order valence-electron chi connectivity index (χ4n) is 3.04. The molecule has 168 valence electrons. The van der Waals surface area contributed by atoms with E-state index in [4.69, 9.17) is 27.9 Å². The van der Waals surface area contributed by atoms with E-state index < -0.39 is 10.0 Å². The molecule has 9 heteroatoms. The van der Waals surface area contributed by atoms with Crippen LogP contribution in [0.5, 0.6) is 5.75 Å². The topological polar surface area (TPSA) is 75.7 Å². The van der Waals surface area contributed by atoms with Gasteiger partial charge in [-0.2, -0.15) is 4.31 Å². The van der Waals surface area contributed by atoms with Crippen LogP contribution in [0.1, 0.15) is 21.5 Å². The van der Waals surface area contributed by atoms with Gasteiger partial charge in [0.1, 0.15) is 5.75 Å². The van der Waals surface area contributed by atoms with E-state index in [0.717, 1.165) is 5.56 Å². The maximum absolute atomic E-state index is 12.9. The zero-order chi connectivity index (χ0) is 23.3. The average Bonchev–Trinajstić information content (AvgIpc) is 2.78. The zero-order valence-corrected chi connectivity index (χ0v) is 19.8. The molecular weight excluding hydrogens is 471 g/mol. The van der Waals surface area contributed by atoms with Crippen LogP contribution in [-0.2, 0) is 23.1 Å². The van der Waals surface area contributed by atoms with Crippen LogP contribution in [0.4, 0.5) is 0 Å². The molecule has 0 spiro atoms. The summed E-state index contributed by atoms with van der Waals surface area (Å²) in [6, 6.07) is 18.0. The maximum Gasteiger partial charge on any atom is 0.251 e. The van der Waals surface area contributed by atoms with Crippen LogP contribution < -0.4 is 10.1 Å². The van der Waals surface area contributed by atoms with Gasteiger partial charge in [0, 0.05) is 41.3 Å². The van der Waals surface area contributed by atoms with Crippen molar-refractivity contribution in [2.24, 2.45) is 0 Å². The van der Waals surface area contributed by atoms with Gasteiger partial charge in [0.05, 0.1) is 12.0 Å². The molecule has 0 aliphatic heterocycles. The lowest BCUT2D eigenvalue weighted by molar-refractivity contribution is 0.0950. The summed E-state index contributed by atoms with van der Waals surface area (Å²) in [7, 11) is -0.792. The van der Waals surface area contributed by atoms with Gasteiger partial charge in [-0.15, -0.1) is 0 Å². The van der Waals surface area contributed by atoms with Crippen molar-refractivity contribution in [3.05, 3.63) is 93.5 Å². The van der Waals surface area contributed by atoms with Crippen molar-refractivity contribution in [3.63, 3.8) is 0 Å². The summed E-state index contributed by atoms with van der Waals surface area (Å²) in [6.07, 6.45) is 0. The monoisotopic (exact) mass is 492 g/mol. The Morgan fingerprint density at radius 1 is 0.969 bits per heavy atom. The largest absolute Gasteiger partial charge is 0.496 e. The van der Waals surface area contributed by atoms with Crippen molar-refractivity contribution < 1.29 is 17.9 Å². The van der Waals surface area contributed by atoms with Gasteiger partial charge < -0.3 is 10.1 Å². The van der Waals surface area contributed by atoms with Gasteiger partial charge in [-0.05, 0) is 60.2 Å². The molecule has 0 heterocycles. The summed E-state index contributed by atoms with van der Waals surface area (Å²) >= 11 is 11.7. The molecule has 0 aliphatic rings. The summed E-state index contributed by atoms with van der Waals surface area (Å²) in [5.41, 5.74) is 1.86. The Morgan fingerprint density at radius 2 is 1.56 bits per heavy atom. The predicted molar refractivity (Wildman–Crippen MR) is 126 cm³/mol. The second-order valence-corrected chi connectivity index (χ2v) is 9.97. The van der Waals surface area contributed by atoms with E-state index in [-0.39, 0.29) is 17.3 Å². The number of nitrogens with zero attached hydrogens (tertiary/aromatic N) is 1. The highest BCUT2D eigenvalue weighted by Gasteiger charge is 2.22. The molecule has 3 aromatic carbocycles. The minimum Gasteiger partial charge on any atom is -0.496 e. The second-order valence-electron chi connectivity index (χ2n) is 7.05. The number of rotatable bonds is 8. The quantitative estimate of drug-likeness (QED) is 0.492. The molecule has 0 unspecified atom stereocenters. The third-order valence-corrected chi connectivity index (χ3v) is 7.15. The van der Waals surface area contributed by atoms with Crippen LogP contribution in [0.15, 0.2) is 71.6 Å². The fraction of sp³-hybridized carbons (Fsp3) is 0.174. The first-order valence-corrected chi connectivity index (χ1v) is 11.8. The Morgan fingerprint density at radius 3 is 2.16 bits per heavy atom. The number of carbonyl (C=O) groups excluding carboxylic acids is 1. The molecule has 0 aromatic heterocycles. The lowest BCUT2D eigenvalue weighted by Crippen LogP contribution is -2.27. The van der Waals surface area contributed by atoms with E-state index in [1.165, 1.54) is 42.7 Å². The molecule has 0 saturated carbocycles. The molecule has 6 nitrogen and oxygen atoms in total. The summed E-state index contributed by atoms with van der Waals surface area (Å²) < 4.78 is 32.4. The van der Waals surface area contributed by atoms with Gasteiger partial charge in [0.15, 0.2) is 0 Å². The molecular formula is C23H22Cl2N2O4S. The van der Waals surface area contributed by atoms with Gasteiger partial charge in [0.25, 0.3) is 5.91 Å². The van der Waals surface area contributed by atoms with E-state index in [0.29, 0.717) is 33.5 Å². The van der Waals surface area contributed by atoms with Gasteiger partial charge in [-0.1, -0.05) is 35.3 Å². The van der Waals surface area contributed by atoms with E-state index in [1.807, 2.05) is 12.1 Å². The van der Waals surface area contributed by atoms with Crippen LogP contribution in [0.25, 0.3) is 0 Å². The van der Waals surface area contributed by atoms with Crippen LogP contribution in [-0.4, -0.2) is 32.8 Å². The molecule has 3 rings (SSSR count). The smallest absolute Gasteiger partial charge is 0.251 e. The van der Waals surface area contributed by atoms with Gasteiger partial charge in [-0.3, -0.25) is 4.79 Å². The van der Waals surface area contributed by atoms with Crippen molar-refractivity contribution in [1.82, 2.24) is 9.62 Å². The third-order valence-electron chi connectivity index (χ3n) is 4.82. The predicted octanol–water partition coefficient (Wildman–Crippen LogP) is 4.75. The fourth-order valence-corrected chi connectivity index (χ4v) is 4.44. The standard InChI is InChI=1S/C23H22Cl2N2O4S/c1-27(32(29,30)21-10-8-20(25)9-11-21)15-18-13-17(5-12-22(18)31-2)23(28)26-14-16-3-6-19(24)7-4-16/h3-13H,14-15H2,1-2H3,(H,26,28). The molecule has 1 amide bonds. The number of methoxy groups -OCH3 is 1. The van der Waals surface area contributed by atoms with E-state index in [1.54, 1.807) is 30.3 Å². The van der Waals surface area contributed by atoms with Gasteiger partial charge >= 0.3 is 0 Å². The maximum atomic E-state index is 12.9. The van der Waals surface area contributed by atoms with Crippen LogP contribution in [0.2, 0.25) is 10.0 Å². The van der Waals surface area contributed by atoms with Crippen molar-refractivity contribution in [2.75, 3.05) is 14.2 Å². The SMILES string of the molecule is COc1ccc(C(=O)NCc2ccc(Cl)cc2)cc1CN(C)S(=O)(=O)c1ccc(Cl)cc1. The van der Waals surface area contributed by atoms with Crippen LogP contribution in [0.3, 0.4) is 0 Å². The zero-order valence-electron chi connectivity index (χ0n) is 17.5. The van der Waals surface area contributed by atoms with Gasteiger partial charge in [0.2, 0.25) is 10.0 Å². The molecule has 0 radical (unpaired) electrons. The van der Waals surface area contributed by atoms with E-state index >= 15 is 0 Å². The van der Waals surface area contributed by atoms with Crippen molar-refractivity contribution in [3.8, 4) is 5.75 Å². The molecule has 0 atom stereocenters. The number of carbonyl (C=O) groups is 1. The second kappa shape index (κ2) is 10.4. The summed E-state index contributed by atoms with van der Waals surface area (Å²) in [5.74, 6) is 0.199. The Kier molecular flexibility index (Phi) is 7.79. The number of nitrogens with one attached hydrogen (secondary N) is 1. The Hall–Kier alpha value is -2.58. The summed E-state index contributed by atoms with van der Waals surface area (Å²) in [4.78, 5) is 12.8. The van der Waals surface area contributed by atoms with Crippen LogP contribution in [0, 0.1) is 0 Å². The number of ether oxygens (including phenoxy) is 1. The first-order valence-electron chi connectivity index (χ1n) is 9.62. The average molecular weight is 493 g/mol. The molecule has 0 aliphatic carbocycles. The number of amides is 1. The van der Waals surface area contributed by atoms with E-state index in [9.17, 15) is 13.2 Å². The number of sulfonamides is 1. The minimum atomic E-state index is -3.75. The number of hydrogen-bond acceptors (Lipinski definition) is 4. The molecule has 32 heavy (non-hydrogen) atoms. The molecule has 1 N–H and O–H groups in total. The Balaban J connectivity index is 1.77. The minimum absolute atomic E-state index is 0.0203. The Bertz CT molecular complexity index is 1200. The third kappa shape index (κ3) is 5.81. The van der Waals surface area contributed by atoms with Gasteiger partial charge in [-0.25, -0.2) is 8.42 Å². The highest BCUT2D eigenvalue weighted by molar-refractivity contribution is 7.89. The Labute approximate surface area is 197 Å². The van der Waals surface area contributed by atoms with E-state index in [2.05, 4.69) is 5.32 Å². The highest BCUT2D eigenvalue weighted by atomic mass is 35.5. The number of hydrogen-bond donors (Lipinski definition) is 1. The number of halogens is 2. The lowest BCUT2D eigenvalue weighted by Gasteiger charge is -2.19. The summed E-state index contributed by atoms with van der Waals surface area (Å²) in [6.45, 7) is 0.356.